The minimum atomic E-state index is -0.518. The summed E-state index contributed by atoms with van der Waals surface area (Å²) < 4.78 is 6.52. The number of rotatable bonds is 4. The smallest absolute Gasteiger partial charge is 0.354 e. The largest absolute Gasteiger partial charge is 0.461 e. The number of hydrogen-bond acceptors (Lipinski definition) is 4. The van der Waals surface area contributed by atoms with Crippen molar-refractivity contribution in [2.75, 3.05) is 6.61 Å². The number of aromatic nitrogens is 1. The lowest BCUT2D eigenvalue weighted by molar-refractivity contribution is -0.383. The molecule has 7 heteroatoms. The summed E-state index contributed by atoms with van der Waals surface area (Å²) >= 11 is 6.07. The van der Waals surface area contributed by atoms with E-state index in [1.165, 1.54) is 18.2 Å². The first-order valence-electron chi connectivity index (χ1n) is 6.14. The van der Waals surface area contributed by atoms with Crippen molar-refractivity contribution in [1.82, 2.24) is 4.57 Å². The Morgan fingerprint density at radius 2 is 2.15 bits per heavy atom. The number of halogens is 1. The van der Waals surface area contributed by atoms with Gasteiger partial charge in [-0.15, -0.1) is 0 Å². The average molecular weight is 297 g/mol. The molecule has 0 fully saturated rings. The zero-order chi connectivity index (χ0) is 14.9. The van der Waals surface area contributed by atoms with E-state index in [9.17, 15) is 14.9 Å². The summed E-state index contributed by atoms with van der Waals surface area (Å²) in [5.74, 6) is -0.518. The van der Waals surface area contributed by atoms with Crippen molar-refractivity contribution in [2.45, 2.75) is 20.4 Å². The summed E-state index contributed by atoms with van der Waals surface area (Å²) in [6.07, 6.45) is 0. The van der Waals surface area contributed by atoms with Crippen LogP contribution in [0.1, 0.15) is 24.3 Å². The molecule has 0 atom stereocenters. The van der Waals surface area contributed by atoms with E-state index in [1.54, 1.807) is 18.4 Å². The fourth-order valence-electron chi connectivity index (χ4n) is 2.18. The molecule has 0 N–H and O–H groups in total. The maximum Gasteiger partial charge on any atom is 0.354 e. The summed E-state index contributed by atoms with van der Waals surface area (Å²) in [7, 11) is 0. The maximum absolute atomic E-state index is 11.9. The first-order valence-corrected chi connectivity index (χ1v) is 6.52. The number of non-ortho nitro benzene ring substituents is 1. The lowest BCUT2D eigenvalue weighted by Crippen LogP contribution is -2.11. The van der Waals surface area contributed by atoms with Gasteiger partial charge in [-0.1, -0.05) is 11.6 Å². The minimum absolute atomic E-state index is 0.0817. The second-order valence-electron chi connectivity index (χ2n) is 4.08. The van der Waals surface area contributed by atoms with Crippen molar-refractivity contribution in [3.05, 3.63) is 39.0 Å². The molecule has 1 aromatic carbocycles. The Morgan fingerprint density at radius 3 is 2.70 bits per heavy atom. The molecule has 0 aliphatic carbocycles. The summed E-state index contributed by atoms with van der Waals surface area (Å²) in [4.78, 5) is 22.6. The van der Waals surface area contributed by atoms with E-state index in [1.807, 2.05) is 0 Å². The van der Waals surface area contributed by atoms with Gasteiger partial charge in [-0.3, -0.25) is 10.1 Å². The van der Waals surface area contributed by atoms with Crippen LogP contribution in [0, 0.1) is 10.1 Å². The van der Waals surface area contributed by atoms with Crippen molar-refractivity contribution in [3.8, 4) is 0 Å². The van der Waals surface area contributed by atoms with E-state index < -0.39 is 10.9 Å². The predicted octanol–water partition coefficient (Wildman–Crippen LogP) is 3.40. The normalized spacial score (nSPS) is 10.8. The molecule has 20 heavy (non-hydrogen) atoms. The van der Waals surface area contributed by atoms with Crippen LogP contribution in [0.15, 0.2) is 18.2 Å². The Kier molecular flexibility index (Phi) is 3.94. The number of nitrogens with zero attached hydrogens (tertiary/aromatic N) is 2. The monoisotopic (exact) mass is 296 g/mol. The second kappa shape index (κ2) is 5.50. The number of carbonyl (C=O) groups excluding carboxylic acids is 1. The number of fused-ring (bicyclic) bond motifs is 1. The molecule has 1 heterocycles. The Hall–Kier alpha value is -2.08. The van der Waals surface area contributed by atoms with Crippen LogP contribution in [0.4, 0.5) is 5.69 Å². The number of esters is 1. The topological polar surface area (TPSA) is 74.4 Å². The molecule has 0 aliphatic heterocycles. The van der Waals surface area contributed by atoms with Gasteiger partial charge in [0.2, 0.25) is 0 Å². The van der Waals surface area contributed by atoms with Gasteiger partial charge in [0.05, 0.1) is 16.6 Å². The molecular weight excluding hydrogens is 284 g/mol. The highest BCUT2D eigenvalue weighted by molar-refractivity contribution is 6.36. The predicted molar refractivity (Wildman–Crippen MR) is 75.2 cm³/mol. The molecule has 0 bridgehead atoms. The summed E-state index contributed by atoms with van der Waals surface area (Å²) in [6, 6.07) is 4.33. The molecule has 0 amide bonds. The van der Waals surface area contributed by atoms with Crippen molar-refractivity contribution in [2.24, 2.45) is 0 Å². The fraction of sp³-hybridized carbons (Fsp3) is 0.308. The SMILES string of the molecule is CCOC(=O)c1cc2c(Cl)ccc([N+](=O)[O-])c2n1CC. The lowest BCUT2D eigenvalue weighted by atomic mass is 10.2. The number of nitro benzene ring substituents is 1. The Labute approximate surface area is 120 Å². The number of nitro groups is 1. The van der Waals surface area contributed by atoms with Crippen LogP contribution in [0.2, 0.25) is 5.02 Å². The third kappa shape index (κ3) is 2.22. The lowest BCUT2D eigenvalue weighted by Gasteiger charge is -2.07. The van der Waals surface area contributed by atoms with Gasteiger partial charge in [-0.2, -0.15) is 0 Å². The van der Waals surface area contributed by atoms with Gasteiger partial charge in [0.1, 0.15) is 11.2 Å². The molecule has 0 aliphatic rings. The van der Waals surface area contributed by atoms with Crippen LogP contribution < -0.4 is 0 Å². The van der Waals surface area contributed by atoms with Crippen LogP contribution >= 0.6 is 11.6 Å². The number of aryl methyl sites for hydroxylation is 1. The summed E-state index contributed by atoms with van der Waals surface area (Å²) in [5.41, 5.74) is 0.524. The van der Waals surface area contributed by atoms with Crippen LogP contribution in [0.3, 0.4) is 0 Å². The standard InChI is InChI=1S/C13H13ClN2O4/c1-3-15-11(13(17)20-4-2)7-8-9(14)5-6-10(12(8)15)16(18)19/h5-7H,3-4H2,1-2H3. The number of ether oxygens (including phenoxy) is 1. The van der Waals surface area contributed by atoms with Gasteiger partial charge in [-0.05, 0) is 26.0 Å². The van der Waals surface area contributed by atoms with Gasteiger partial charge < -0.3 is 9.30 Å². The van der Waals surface area contributed by atoms with E-state index in [4.69, 9.17) is 16.3 Å². The van der Waals surface area contributed by atoms with Crippen LogP contribution in [-0.4, -0.2) is 22.1 Å². The van der Waals surface area contributed by atoms with E-state index >= 15 is 0 Å². The molecule has 0 spiro atoms. The Bertz CT molecular complexity index is 693. The van der Waals surface area contributed by atoms with Crippen molar-refractivity contribution in [1.29, 1.82) is 0 Å². The van der Waals surface area contributed by atoms with Crippen molar-refractivity contribution < 1.29 is 14.5 Å². The molecule has 6 nitrogen and oxygen atoms in total. The number of hydrogen-bond donors (Lipinski definition) is 0. The fourth-order valence-corrected chi connectivity index (χ4v) is 2.38. The Morgan fingerprint density at radius 1 is 1.45 bits per heavy atom. The van der Waals surface area contributed by atoms with E-state index in [2.05, 4.69) is 0 Å². The average Bonchev–Trinajstić information content (AvgIpc) is 2.79. The van der Waals surface area contributed by atoms with Gasteiger partial charge in [-0.25, -0.2) is 4.79 Å². The molecule has 2 aromatic rings. The van der Waals surface area contributed by atoms with Gasteiger partial charge in [0.15, 0.2) is 0 Å². The molecule has 0 unspecified atom stereocenters. The summed E-state index contributed by atoms with van der Waals surface area (Å²) in [6.45, 7) is 4.14. The van der Waals surface area contributed by atoms with Gasteiger partial charge in [0.25, 0.3) is 5.69 Å². The van der Waals surface area contributed by atoms with Crippen LogP contribution in [0.5, 0.6) is 0 Å². The van der Waals surface area contributed by atoms with Crippen LogP contribution in [-0.2, 0) is 11.3 Å². The molecule has 0 saturated heterocycles. The second-order valence-corrected chi connectivity index (χ2v) is 4.49. The third-order valence-electron chi connectivity index (χ3n) is 2.98. The highest BCUT2D eigenvalue weighted by atomic mass is 35.5. The third-order valence-corrected chi connectivity index (χ3v) is 3.31. The van der Waals surface area contributed by atoms with Crippen molar-refractivity contribution in [3.63, 3.8) is 0 Å². The molecular formula is C13H13ClN2O4. The molecule has 0 radical (unpaired) electrons. The van der Waals surface area contributed by atoms with E-state index in [-0.39, 0.29) is 18.0 Å². The van der Waals surface area contributed by atoms with Crippen molar-refractivity contribution >= 4 is 34.2 Å². The Balaban J connectivity index is 2.80. The molecule has 1 aromatic heterocycles. The highest BCUT2D eigenvalue weighted by Gasteiger charge is 2.23. The number of benzene rings is 1. The molecule has 106 valence electrons. The van der Waals surface area contributed by atoms with Crippen LogP contribution in [0.25, 0.3) is 10.9 Å². The summed E-state index contributed by atoms with van der Waals surface area (Å²) in [5, 5.41) is 12.0. The zero-order valence-corrected chi connectivity index (χ0v) is 11.8. The first-order chi connectivity index (χ1) is 9.51. The van der Waals surface area contributed by atoms with Gasteiger partial charge in [0, 0.05) is 18.0 Å². The highest BCUT2D eigenvalue weighted by Crippen LogP contribution is 2.34. The zero-order valence-electron chi connectivity index (χ0n) is 11.1. The molecule has 2 rings (SSSR count). The minimum Gasteiger partial charge on any atom is -0.461 e. The van der Waals surface area contributed by atoms with E-state index in [0.29, 0.717) is 22.5 Å². The number of carbonyl (C=O) groups is 1. The quantitative estimate of drug-likeness (QED) is 0.492. The van der Waals surface area contributed by atoms with Gasteiger partial charge >= 0.3 is 5.97 Å². The first kappa shape index (κ1) is 14.3. The maximum atomic E-state index is 11.9. The van der Waals surface area contributed by atoms with E-state index in [0.717, 1.165) is 0 Å². The molecule has 0 saturated carbocycles.